The van der Waals surface area contributed by atoms with Crippen molar-refractivity contribution in [3.63, 3.8) is 0 Å². The Kier molecular flexibility index (Phi) is 4.97. The van der Waals surface area contributed by atoms with Gasteiger partial charge in [-0.05, 0) is 43.9 Å². The number of fused-ring (bicyclic) bond motifs is 1. The van der Waals surface area contributed by atoms with Gasteiger partial charge in [0.2, 0.25) is 11.8 Å². The van der Waals surface area contributed by atoms with Gasteiger partial charge in [-0.1, -0.05) is 6.07 Å². The largest absolute Gasteiger partial charge is 0.464 e. The molecule has 1 aliphatic rings. The number of likely N-dealkylation sites (tertiary alicyclic amines) is 1. The minimum Gasteiger partial charge on any atom is -0.464 e. The van der Waals surface area contributed by atoms with E-state index in [0.717, 1.165) is 47.0 Å². The summed E-state index contributed by atoms with van der Waals surface area (Å²) in [6.07, 6.45) is 8.59. The van der Waals surface area contributed by atoms with Crippen LogP contribution in [0, 0.1) is 13.8 Å². The Morgan fingerprint density at radius 2 is 2.13 bits per heavy atom. The number of hydrogen-bond donors (Lipinski definition) is 0. The third-order valence-corrected chi connectivity index (χ3v) is 5.78. The predicted molar refractivity (Wildman–Crippen MR) is 113 cm³/mol. The lowest BCUT2D eigenvalue weighted by atomic mass is 9.97. The van der Waals surface area contributed by atoms with Crippen molar-refractivity contribution in [2.45, 2.75) is 39.0 Å². The number of rotatable bonds is 4. The highest BCUT2D eigenvalue weighted by molar-refractivity contribution is 5.90. The molecular formula is C23H23N5O3. The molecule has 4 heterocycles. The molecule has 1 aliphatic heterocycles. The van der Waals surface area contributed by atoms with Crippen LogP contribution in [0.1, 0.15) is 41.3 Å². The normalized spacial score (nSPS) is 16.7. The second-order valence-electron chi connectivity index (χ2n) is 8.11. The number of aromatic nitrogens is 4. The van der Waals surface area contributed by atoms with Crippen molar-refractivity contribution in [1.82, 2.24) is 25.1 Å². The fourth-order valence-electron chi connectivity index (χ4n) is 4.35. The lowest BCUT2D eigenvalue weighted by molar-refractivity contribution is -0.131. The summed E-state index contributed by atoms with van der Waals surface area (Å²) in [6, 6.07) is 4.13. The number of nitrogens with zero attached hydrogens (tertiary/aromatic N) is 5. The summed E-state index contributed by atoms with van der Waals surface area (Å²) in [5, 5.41) is 9.36. The first-order chi connectivity index (χ1) is 15.1. The van der Waals surface area contributed by atoms with Gasteiger partial charge in [0.1, 0.15) is 11.3 Å². The maximum Gasteiger partial charge on any atom is 0.267 e. The summed E-state index contributed by atoms with van der Waals surface area (Å²) in [6.45, 7) is 5.39. The molecule has 5 rings (SSSR count). The minimum atomic E-state index is 0.0149. The fraction of sp³-hybridized carbons (Fsp3) is 0.348. The number of aryl methyl sites for hydroxylation is 2. The zero-order valence-electron chi connectivity index (χ0n) is 17.5. The van der Waals surface area contributed by atoms with Crippen LogP contribution < -0.4 is 0 Å². The second kappa shape index (κ2) is 7.94. The molecule has 0 spiro atoms. The molecule has 1 aromatic carbocycles. The van der Waals surface area contributed by atoms with Crippen LogP contribution in [0.2, 0.25) is 0 Å². The summed E-state index contributed by atoms with van der Waals surface area (Å²) < 4.78 is 11.6. The fourth-order valence-corrected chi connectivity index (χ4v) is 4.35. The molecule has 8 nitrogen and oxygen atoms in total. The highest BCUT2D eigenvalue weighted by Gasteiger charge is 2.29. The molecule has 1 fully saturated rings. The Labute approximate surface area is 179 Å². The highest BCUT2D eigenvalue weighted by atomic mass is 16.4. The van der Waals surface area contributed by atoms with Crippen molar-refractivity contribution in [2.75, 3.05) is 13.1 Å². The number of carbonyl (C=O) groups is 1. The third kappa shape index (κ3) is 3.81. The van der Waals surface area contributed by atoms with Gasteiger partial charge in [0.15, 0.2) is 0 Å². The topological polar surface area (TPSA) is 98.2 Å². The summed E-state index contributed by atoms with van der Waals surface area (Å²) in [5.41, 5.74) is 4.59. The van der Waals surface area contributed by atoms with Gasteiger partial charge in [-0.2, -0.15) is 0 Å². The van der Waals surface area contributed by atoms with E-state index in [9.17, 15) is 4.79 Å². The molecule has 1 atom stereocenters. The van der Waals surface area contributed by atoms with Gasteiger partial charge in [-0.15, -0.1) is 10.2 Å². The van der Waals surface area contributed by atoms with Crippen molar-refractivity contribution < 1.29 is 13.6 Å². The van der Waals surface area contributed by atoms with Crippen molar-refractivity contribution in [1.29, 1.82) is 0 Å². The van der Waals surface area contributed by atoms with Crippen molar-refractivity contribution >= 4 is 16.9 Å². The molecule has 0 aliphatic carbocycles. The standard InChI is InChI=1S/C23H23N5O3/c1-14-8-15(2)21-17(13-30-19(21)9-14)10-20(29)28-7-3-4-16(12-28)22-26-27-23(31-22)18-11-24-5-6-25-18/h5-6,8-9,11,13,16H,3-4,7,10,12H2,1-2H3/t16-/m1/s1. The van der Waals surface area contributed by atoms with Crippen LogP contribution in [0.5, 0.6) is 0 Å². The Balaban J connectivity index is 1.31. The number of furan rings is 1. The second-order valence-corrected chi connectivity index (χ2v) is 8.11. The molecule has 158 valence electrons. The third-order valence-electron chi connectivity index (χ3n) is 5.78. The molecule has 4 aromatic rings. The van der Waals surface area contributed by atoms with Gasteiger partial charge in [0.25, 0.3) is 5.89 Å². The first-order valence-corrected chi connectivity index (χ1v) is 10.4. The summed E-state index contributed by atoms with van der Waals surface area (Å²) >= 11 is 0. The van der Waals surface area contributed by atoms with Crippen LogP contribution in [0.4, 0.5) is 0 Å². The molecule has 0 saturated carbocycles. The number of carbonyl (C=O) groups excluding carboxylic acids is 1. The first-order valence-electron chi connectivity index (χ1n) is 10.4. The molecule has 1 amide bonds. The molecule has 0 unspecified atom stereocenters. The van der Waals surface area contributed by atoms with E-state index >= 15 is 0 Å². The van der Waals surface area contributed by atoms with Crippen LogP contribution in [-0.4, -0.2) is 44.1 Å². The maximum absolute atomic E-state index is 13.1. The van der Waals surface area contributed by atoms with Crippen LogP contribution >= 0.6 is 0 Å². The molecule has 31 heavy (non-hydrogen) atoms. The Hall–Kier alpha value is -3.55. The Morgan fingerprint density at radius 3 is 2.97 bits per heavy atom. The van der Waals surface area contributed by atoms with Crippen LogP contribution in [0.15, 0.2) is 45.8 Å². The monoisotopic (exact) mass is 417 g/mol. The van der Waals surface area contributed by atoms with E-state index in [1.165, 1.54) is 0 Å². The molecule has 8 heteroatoms. The lowest BCUT2D eigenvalue weighted by Crippen LogP contribution is -2.40. The van der Waals surface area contributed by atoms with Gasteiger partial charge < -0.3 is 13.7 Å². The molecule has 1 saturated heterocycles. The van der Waals surface area contributed by atoms with Crippen molar-refractivity contribution in [3.8, 4) is 11.6 Å². The smallest absolute Gasteiger partial charge is 0.267 e. The van der Waals surface area contributed by atoms with Gasteiger partial charge in [0.05, 0.1) is 24.8 Å². The zero-order valence-corrected chi connectivity index (χ0v) is 17.5. The maximum atomic E-state index is 13.1. The molecule has 0 radical (unpaired) electrons. The average Bonchev–Trinajstić information content (AvgIpc) is 3.42. The highest BCUT2D eigenvalue weighted by Crippen LogP contribution is 2.30. The molecule has 0 N–H and O–H groups in total. The van der Waals surface area contributed by atoms with Crippen molar-refractivity contribution in [2.24, 2.45) is 0 Å². The molecule has 3 aromatic heterocycles. The number of amides is 1. The first kappa shape index (κ1) is 19.4. The number of hydrogen-bond acceptors (Lipinski definition) is 7. The van der Waals surface area contributed by atoms with Crippen molar-refractivity contribution in [3.05, 3.63) is 59.6 Å². The van der Waals surface area contributed by atoms with Gasteiger partial charge in [-0.25, -0.2) is 4.98 Å². The zero-order chi connectivity index (χ0) is 21.4. The Bertz CT molecular complexity index is 1230. The van der Waals surface area contributed by atoms with E-state index in [1.807, 2.05) is 17.9 Å². The van der Waals surface area contributed by atoms with E-state index in [0.29, 0.717) is 30.4 Å². The number of piperidine rings is 1. The molecule has 0 bridgehead atoms. The summed E-state index contributed by atoms with van der Waals surface area (Å²) in [4.78, 5) is 23.2. The van der Waals surface area contributed by atoms with Crippen LogP contribution in [-0.2, 0) is 11.2 Å². The van der Waals surface area contributed by atoms with E-state index in [1.54, 1.807) is 24.9 Å². The van der Waals surface area contributed by atoms with E-state index < -0.39 is 0 Å². The average molecular weight is 417 g/mol. The van der Waals surface area contributed by atoms with Gasteiger partial charge >= 0.3 is 0 Å². The SMILES string of the molecule is Cc1cc(C)c2c(CC(=O)N3CCC[C@@H](c4nnc(-c5cnccn5)o4)C3)coc2c1. The van der Waals surface area contributed by atoms with Gasteiger partial charge in [-0.3, -0.25) is 9.78 Å². The van der Waals surface area contributed by atoms with Crippen LogP contribution in [0.3, 0.4) is 0 Å². The van der Waals surface area contributed by atoms with Gasteiger partial charge in [0, 0.05) is 36.4 Å². The van der Waals surface area contributed by atoms with E-state index in [-0.39, 0.29) is 11.8 Å². The molecular weight excluding hydrogens is 394 g/mol. The minimum absolute atomic E-state index is 0.0149. The summed E-state index contributed by atoms with van der Waals surface area (Å²) in [5.74, 6) is 0.988. The predicted octanol–water partition coefficient (Wildman–Crippen LogP) is 3.84. The van der Waals surface area contributed by atoms with E-state index in [2.05, 4.69) is 33.2 Å². The lowest BCUT2D eigenvalue weighted by Gasteiger charge is -2.31. The quantitative estimate of drug-likeness (QED) is 0.497. The Morgan fingerprint density at radius 1 is 1.23 bits per heavy atom. The summed E-state index contributed by atoms with van der Waals surface area (Å²) in [7, 11) is 0. The van der Waals surface area contributed by atoms with E-state index in [4.69, 9.17) is 8.83 Å². The van der Waals surface area contributed by atoms with Crippen LogP contribution in [0.25, 0.3) is 22.6 Å². The number of benzene rings is 1.